The first-order chi connectivity index (χ1) is 11.0. The van der Waals surface area contributed by atoms with E-state index in [1.165, 1.54) is 0 Å². The second-order valence-corrected chi connectivity index (χ2v) is 5.75. The molecular formula is C19H20O4. The predicted octanol–water partition coefficient (Wildman–Crippen LogP) is 3.69. The maximum absolute atomic E-state index is 11.2. The Balaban J connectivity index is 2.47. The minimum atomic E-state index is -0.982. The Labute approximate surface area is 135 Å². The maximum Gasteiger partial charge on any atom is 0.303 e. The molecule has 0 spiro atoms. The molecule has 0 amide bonds. The van der Waals surface area contributed by atoms with E-state index in [1.54, 1.807) is 0 Å². The lowest BCUT2D eigenvalue weighted by Gasteiger charge is -2.26. The van der Waals surface area contributed by atoms with E-state index >= 15 is 0 Å². The van der Waals surface area contributed by atoms with E-state index in [0.29, 0.717) is 0 Å². The van der Waals surface area contributed by atoms with Crippen LogP contribution in [0, 0.1) is 12.8 Å². The Bertz CT molecular complexity index is 646. The fourth-order valence-electron chi connectivity index (χ4n) is 2.93. The van der Waals surface area contributed by atoms with E-state index in [1.807, 2.05) is 61.5 Å². The van der Waals surface area contributed by atoms with E-state index in [4.69, 9.17) is 0 Å². The summed E-state index contributed by atoms with van der Waals surface area (Å²) in [5.41, 5.74) is 2.98. The molecule has 120 valence electrons. The van der Waals surface area contributed by atoms with E-state index in [0.717, 1.165) is 16.7 Å². The summed E-state index contributed by atoms with van der Waals surface area (Å²) >= 11 is 0. The Kier molecular flexibility index (Phi) is 5.52. The molecule has 4 nitrogen and oxygen atoms in total. The van der Waals surface area contributed by atoms with Crippen molar-refractivity contribution in [1.82, 2.24) is 0 Å². The number of carbonyl (C=O) groups is 2. The van der Waals surface area contributed by atoms with Crippen molar-refractivity contribution in [3.8, 4) is 0 Å². The van der Waals surface area contributed by atoms with Crippen LogP contribution in [0.25, 0.3) is 0 Å². The summed E-state index contributed by atoms with van der Waals surface area (Å²) in [6.45, 7) is 1.98. The molecule has 2 N–H and O–H groups in total. The third-order valence-electron chi connectivity index (χ3n) is 3.94. The van der Waals surface area contributed by atoms with Crippen LogP contribution in [-0.4, -0.2) is 22.2 Å². The number of aryl methyl sites for hydroxylation is 1. The second kappa shape index (κ2) is 7.58. The molecule has 2 rings (SSSR count). The van der Waals surface area contributed by atoms with Gasteiger partial charge in [0.2, 0.25) is 0 Å². The number of carboxylic acid groups (broad SMARTS) is 2. The van der Waals surface area contributed by atoms with Crippen molar-refractivity contribution in [3.63, 3.8) is 0 Å². The van der Waals surface area contributed by atoms with Crippen LogP contribution in [0.15, 0.2) is 54.6 Å². The zero-order chi connectivity index (χ0) is 16.8. The van der Waals surface area contributed by atoms with Crippen LogP contribution in [0.5, 0.6) is 0 Å². The summed E-state index contributed by atoms with van der Waals surface area (Å²) in [6, 6.07) is 17.3. The number of carboxylic acids is 2. The lowest BCUT2D eigenvalue weighted by Crippen LogP contribution is -2.21. The third kappa shape index (κ3) is 4.68. The van der Waals surface area contributed by atoms with Crippen molar-refractivity contribution >= 4 is 11.9 Å². The van der Waals surface area contributed by atoms with Gasteiger partial charge in [-0.2, -0.15) is 0 Å². The van der Waals surface area contributed by atoms with Crippen molar-refractivity contribution < 1.29 is 19.8 Å². The van der Waals surface area contributed by atoms with E-state index in [-0.39, 0.29) is 18.8 Å². The topological polar surface area (TPSA) is 74.6 Å². The Hall–Kier alpha value is -2.62. The second-order valence-electron chi connectivity index (χ2n) is 5.75. The minimum absolute atomic E-state index is 0.181. The SMILES string of the molecule is Cc1ccc([C@H](c2ccccc2)C(CC(=O)O)CC(=O)O)cc1. The van der Waals surface area contributed by atoms with Gasteiger partial charge in [-0.25, -0.2) is 0 Å². The van der Waals surface area contributed by atoms with Gasteiger partial charge < -0.3 is 10.2 Å². The van der Waals surface area contributed by atoms with Gasteiger partial charge in [0.15, 0.2) is 0 Å². The summed E-state index contributed by atoms with van der Waals surface area (Å²) in [5.74, 6) is -2.73. The number of rotatable bonds is 7. The van der Waals surface area contributed by atoms with Gasteiger partial charge in [-0.15, -0.1) is 0 Å². The van der Waals surface area contributed by atoms with E-state index < -0.39 is 17.9 Å². The van der Waals surface area contributed by atoms with Crippen molar-refractivity contribution in [2.75, 3.05) is 0 Å². The van der Waals surface area contributed by atoms with Gasteiger partial charge in [0.25, 0.3) is 0 Å². The Morgan fingerprint density at radius 3 is 1.78 bits per heavy atom. The molecule has 0 unspecified atom stereocenters. The molecule has 4 heteroatoms. The lowest BCUT2D eigenvalue weighted by molar-refractivity contribution is -0.140. The van der Waals surface area contributed by atoms with Crippen LogP contribution in [0.3, 0.4) is 0 Å². The normalized spacial score (nSPS) is 12.1. The third-order valence-corrected chi connectivity index (χ3v) is 3.94. The van der Waals surface area contributed by atoms with Crippen LogP contribution in [0.4, 0.5) is 0 Å². The minimum Gasteiger partial charge on any atom is -0.481 e. The highest BCUT2D eigenvalue weighted by Crippen LogP contribution is 2.36. The average Bonchev–Trinajstić information content (AvgIpc) is 2.49. The molecule has 0 aliphatic carbocycles. The van der Waals surface area contributed by atoms with Crippen molar-refractivity contribution in [2.45, 2.75) is 25.7 Å². The smallest absolute Gasteiger partial charge is 0.303 e. The Morgan fingerprint density at radius 1 is 0.826 bits per heavy atom. The average molecular weight is 312 g/mol. The Morgan fingerprint density at radius 2 is 1.30 bits per heavy atom. The van der Waals surface area contributed by atoms with Crippen LogP contribution in [0.1, 0.15) is 35.4 Å². The van der Waals surface area contributed by atoms with E-state index in [2.05, 4.69) is 0 Å². The molecule has 2 aromatic carbocycles. The molecule has 0 radical (unpaired) electrons. The lowest BCUT2D eigenvalue weighted by atomic mass is 9.77. The fourth-order valence-corrected chi connectivity index (χ4v) is 2.93. The number of benzene rings is 2. The van der Waals surface area contributed by atoms with Crippen molar-refractivity contribution in [3.05, 3.63) is 71.3 Å². The summed E-state index contributed by atoms with van der Waals surface area (Å²) in [7, 11) is 0. The quantitative estimate of drug-likeness (QED) is 0.817. The molecule has 0 saturated heterocycles. The van der Waals surface area contributed by atoms with Gasteiger partial charge in [-0.3, -0.25) is 9.59 Å². The van der Waals surface area contributed by atoms with E-state index in [9.17, 15) is 19.8 Å². The van der Waals surface area contributed by atoms with Crippen LogP contribution in [0.2, 0.25) is 0 Å². The zero-order valence-corrected chi connectivity index (χ0v) is 13.0. The monoisotopic (exact) mass is 312 g/mol. The molecule has 1 atom stereocenters. The summed E-state index contributed by atoms with van der Waals surface area (Å²) in [5, 5.41) is 18.4. The summed E-state index contributed by atoms with van der Waals surface area (Å²) in [6.07, 6.45) is -0.362. The molecule has 0 aliphatic rings. The molecule has 2 aromatic rings. The number of hydrogen-bond acceptors (Lipinski definition) is 2. The number of hydrogen-bond donors (Lipinski definition) is 2. The first-order valence-electron chi connectivity index (χ1n) is 7.52. The number of aliphatic carboxylic acids is 2. The fraction of sp³-hybridized carbons (Fsp3) is 0.263. The van der Waals surface area contributed by atoms with Gasteiger partial charge in [-0.05, 0) is 24.0 Å². The van der Waals surface area contributed by atoms with Gasteiger partial charge in [-0.1, -0.05) is 60.2 Å². The van der Waals surface area contributed by atoms with Gasteiger partial charge >= 0.3 is 11.9 Å². The molecule has 23 heavy (non-hydrogen) atoms. The maximum atomic E-state index is 11.2. The van der Waals surface area contributed by atoms with Crippen LogP contribution >= 0.6 is 0 Å². The van der Waals surface area contributed by atoms with Crippen LogP contribution in [-0.2, 0) is 9.59 Å². The van der Waals surface area contributed by atoms with Crippen molar-refractivity contribution in [1.29, 1.82) is 0 Å². The largest absolute Gasteiger partial charge is 0.481 e. The first-order valence-corrected chi connectivity index (χ1v) is 7.52. The first kappa shape index (κ1) is 16.7. The highest BCUT2D eigenvalue weighted by atomic mass is 16.4. The van der Waals surface area contributed by atoms with Gasteiger partial charge in [0.1, 0.15) is 0 Å². The standard InChI is InChI=1S/C19H20O4/c1-13-7-9-15(10-8-13)19(14-5-3-2-4-6-14)16(11-17(20)21)12-18(22)23/h2-10,16,19H,11-12H2,1H3,(H,20,21)(H,22,23)/t19-/m0/s1. The highest BCUT2D eigenvalue weighted by molar-refractivity contribution is 5.71. The zero-order valence-electron chi connectivity index (χ0n) is 13.0. The summed E-state index contributed by atoms with van der Waals surface area (Å²) < 4.78 is 0. The van der Waals surface area contributed by atoms with Crippen LogP contribution < -0.4 is 0 Å². The van der Waals surface area contributed by atoms with Gasteiger partial charge in [0, 0.05) is 18.8 Å². The molecule has 0 heterocycles. The molecule has 0 bridgehead atoms. The predicted molar refractivity (Wildman–Crippen MR) is 87.5 cm³/mol. The van der Waals surface area contributed by atoms with Crippen molar-refractivity contribution in [2.24, 2.45) is 5.92 Å². The molecule has 0 aromatic heterocycles. The molecular weight excluding hydrogens is 292 g/mol. The molecule has 0 aliphatic heterocycles. The molecule has 0 fully saturated rings. The molecule has 0 saturated carbocycles. The van der Waals surface area contributed by atoms with Gasteiger partial charge in [0.05, 0.1) is 0 Å². The summed E-state index contributed by atoms with van der Waals surface area (Å²) in [4.78, 5) is 22.4. The highest BCUT2D eigenvalue weighted by Gasteiger charge is 2.29.